The van der Waals surface area contributed by atoms with Crippen LogP contribution >= 0.6 is 11.3 Å². The summed E-state index contributed by atoms with van der Waals surface area (Å²) < 4.78 is 2.46. The Morgan fingerprint density at radius 3 is 1.06 bits per heavy atom. The molecule has 0 saturated heterocycles. The normalized spacial score (nSPS) is 11.3. The first-order valence-electron chi connectivity index (χ1n) is 24.5. The Kier molecular flexibility index (Phi) is 11.1. The zero-order valence-electron chi connectivity index (χ0n) is 39.4. The molecule has 0 spiro atoms. The second kappa shape index (κ2) is 18.6. The molecule has 12 aromatic carbocycles. The summed E-state index contributed by atoms with van der Waals surface area (Å²) in [7, 11) is 0. The van der Waals surface area contributed by atoms with Gasteiger partial charge in [-0.1, -0.05) is 200 Å². The van der Waals surface area contributed by atoms with Crippen molar-refractivity contribution in [3.05, 3.63) is 285 Å². The number of hydrogen-bond acceptors (Lipinski definition) is 4. The van der Waals surface area contributed by atoms with Crippen LogP contribution in [-0.2, 0) is 0 Å². The maximum absolute atomic E-state index is 2.43. The van der Waals surface area contributed by atoms with Gasteiger partial charge in [0.2, 0.25) is 0 Å². The Morgan fingerprint density at radius 2 is 0.542 bits per heavy atom. The summed E-state index contributed by atoms with van der Waals surface area (Å²) in [5, 5.41) is 7.28. The molecule has 0 unspecified atom stereocenters. The van der Waals surface area contributed by atoms with E-state index in [4.69, 9.17) is 0 Å². The van der Waals surface area contributed by atoms with E-state index >= 15 is 0 Å². The lowest BCUT2D eigenvalue weighted by Gasteiger charge is -2.33. The summed E-state index contributed by atoms with van der Waals surface area (Å²) in [6.45, 7) is 0. The third-order valence-electron chi connectivity index (χ3n) is 13.8. The molecule has 0 bridgehead atoms. The van der Waals surface area contributed by atoms with Crippen LogP contribution in [0.25, 0.3) is 64.0 Å². The van der Waals surface area contributed by atoms with Crippen LogP contribution < -0.4 is 14.7 Å². The number of nitrogens with zero attached hydrogens (tertiary/aromatic N) is 3. The van der Waals surface area contributed by atoms with Crippen molar-refractivity contribution in [2.75, 3.05) is 14.7 Å². The lowest BCUT2D eigenvalue weighted by atomic mass is 10.0. The van der Waals surface area contributed by atoms with Crippen molar-refractivity contribution < 1.29 is 0 Å². The molecule has 0 amide bonds. The van der Waals surface area contributed by atoms with Crippen LogP contribution in [0.1, 0.15) is 0 Å². The van der Waals surface area contributed by atoms with Gasteiger partial charge in [0.25, 0.3) is 0 Å². The highest BCUT2D eigenvalue weighted by molar-refractivity contribution is 7.25. The van der Waals surface area contributed by atoms with Crippen LogP contribution in [0.4, 0.5) is 51.2 Å². The van der Waals surface area contributed by atoms with Crippen LogP contribution in [0.3, 0.4) is 0 Å². The van der Waals surface area contributed by atoms with Crippen molar-refractivity contribution in [1.29, 1.82) is 0 Å². The Labute approximate surface area is 424 Å². The van der Waals surface area contributed by atoms with Gasteiger partial charge in [-0.2, -0.15) is 0 Å². The summed E-state index contributed by atoms with van der Waals surface area (Å²) in [6.07, 6.45) is 0. The zero-order chi connectivity index (χ0) is 47.8. The summed E-state index contributed by atoms with van der Waals surface area (Å²) in [4.78, 5) is 7.26. The number of rotatable bonds is 11. The molecule has 0 N–H and O–H groups in total. The highest BCUT2D eigenvalue weighted by atomic mass is 32.1. The average molecular weight is 938 g/mol. The van der Waals surface area contributed by atoms with Crippen molar-refractivity contribution >= 4 is 104 Å². The molecule has 0 atom stereocenters. The lowest BCUT2D eigenvalue weighted by molar-refractivity contribution is 1.23. The van der Waals surface area contributed by atoms with Gasteiger partial charge in [-0.05, 0) is 118 Å². The highest BCUT2D eigenvalue weighted by Gasteiger charge is 2.24. The van der Waals surface area contributed by atoms with E-state index in [0.29, 0.717) is 0 Å². The molecule has 3 nitrogen and oxygen atoms in total. The largest absolute Gasteiger partial charge is 0.310 e. The smallest absolute Gasteiger partial charge is 0.0702 e. The predicted octanol–water partition coefficient (Wildman–Crippen LogP) is 20.1. The van der Waals surface area contributed by atoms with Crippen LogP contribution in [0, 0.1) is 0 Å². The molecule has 4 heteroatoms. The Hall–Kier alpha value is -9.22. The number of thiophene rings is 1. The van der Waals surface area contributed by atoms with Gasteiger partial charge in [-0.25, -0.2) is 0 Å². The molecule has 13 aromatic rings. The fourth-order valence-electron chi connectivity index (χ4n) is 10.4. The fraction of sp³-hybridized carbons (Fsp3) is 0. The van der Waals surface area contributed by atoms with Gasteiger partial charge in [-0.3, -0.25) is 0 Å². The van der Waals surface area contributed by atoms with Crippen LogP contribution in [0.5, 0.6) is 0 Å². The molecule has 0 radical (unpaired) electrons. The fourth-order valence-corrected chi connectivity index (χ4v) is 11.6. The second-order valence-corrected chi connectivity index (χ2v) is 19.2. The molecular weight excluding hydrogens is 891 g/mol. The maximum Gasteiger partial charge on any atom is 0.0702 e. The molecule has 0 saturated carbocycles. The average Bonchev–Trinajstić information content (AvgIpc) is 3.82. The van der Waals surface area contributed by atoms with Crippen LogP contribution in [0.2, 0.25) is 0 Å². The van der Waals surface area contributed by atoms with Crippen molar-refractivity contribution in [2.24, 2.45) is 0 Å². The molecule has 0 aliphatic rings. The minimum atomic E-state index is 1.07. The molecular formula is C68H47N3S. The van der Waals surface area contributed by atoms with E-state index in [1.165, 1.54) is 64.0 Å². The lowest BCUT2D eigenvalue weighted by Crippen LogP contribution is -2.17. The molecule has 1 aromatic heterocycles. The highest BCUT2D eigenvalue weighted by Crippen LogP contribution is 2.49. The Balaban J connectivity index is 0.946. The van der Waals surface area contributed by atoms with E-state index in [1.807, 2.05) is 11.3 Å². The molecule has 0 fully saturated rings. The first-order chi connectivity index (χ1) is 35.7. The van der Waals surface area contributed by atoms with E-state index in [2.05, 4.69) is 300 Å². The number of hydrogen-bond donors (Lipinski definition) is 0. The van der Waals surface area contributed by atoms with Gasteiger partial charge in [0.1, 0.15) is 0 Å². The van der Waals surface area contributed by atoms with Gasteiger partial charge < -0.3 is 14.7 Å². The minimum Gasteiger partial charge on any atom is -0.310 e. The maximum atomic E-state index is 2.43. The van der Waals surface area contributed by atoms with Crippen molar-refractivity contribution in [2.45, 2.75) is 0 Å². The van der Waals surface area contributed by atoms with Gasteiger partial charge in [-0.15, -0.1) is 11.3 Å². The third kappa shape index (κ3) is 7.90. The number of fused-ring (bicyclic) bond motifs is 5. The van der Waals surface area contributed by atoms with Gasteiger partial charge in [0.05, 0.1) is 22.7 Å². The SMILES string of the molecule is c1ccc(-c2ccc(N(c3ccc4c(c3)sc3cc(N(c5ccccc5)c5ccccc5N(c5ccc(-c6ccccc6)cc5)c5cccc6ccccc56)ccc34)c3cccc4ccccc34)cc2)cc1. The van der Waals surface area contributed by atoms with Gasteiger partial charge in [0, 0.05) is 59.4 Å². The number of para-hydroxylation sites is 3. The minimum absolute atomic E-state index is 1.07. The van der Waals surface area contributed by atoms with E-state index in [9.17, 15) is 0 Å². The summed E-state index contributed by atoms with van der Waals surface area (Å²) in [6, 6.07) is 103. The number of benzene rings is 12. The molecule has 340 valence electrons. The van der Waals surface area contributed by atoms with Crippen LogP contribution in [-0.4, -0.2) is 0 Å². The molecule has 13 rings (SSSR count). The van der Waals surface area contributed by atoms with Crippen molar-refractivity contribution in [3.63, 3.8) is 0 Å². The van der Waals surface area contributed by atoms with E-state index in [0.717, 1.165) is 51.2 Å². The quantitative estimate of drug-likeness (QED) is 0.128. The monoisotopic (exact) mass is 937 g/mol. The standard InChI is InChI=1S/C68H47N3S/c1-4-18-48(19-5-1)50-34-38-55(39-35-50)69(63-32-16-24-52-22-10-12-28-59(52)63)57-42-44-61-62-45-43-58(47-68(62)72-67(61)46-57)70(54-26-8-3-9-27-54)65-30-14-15-31-66(65)71(64-33-17-25-53-23-11-13-29-60(53)64)56-40-36-51(37-41-56)49-20-6-2-7-21-49/h1-47H. The van der Waals surface area contributed by atoms with Crippen molar-refractivity contribution in [1.82, 2.24) is 0 Å². The summed E-state index contributed by atoms with van der Waals surface area (Å²) in [5.74, 6) is 0. The third-order valence-corrected chi connectivity index (χ3v) is 14.9. The van der Waals surface area contributed by atoms with E-state index in [-0.39, 0.29) is 0 Å². The van der Waals surface area contributed by atoms with Crippen molar-refractivity contribution in [3.8, 4) is 22.3 Å². The zero-order valence-corrected chi connectivity index (χ0v) is 40.2. The molecule has 1 heterocycles. The predicted molar refractivity (Wildman–Crippen MR) is 309 cm³/mol. The summed E-state index contributed by atoms with van der Waals surface area (Å²) in [5.41, 5.74) is 14.6. The van der Waals surface area contributed by atoms with E-state index < -0.39 is 0 Å². The summed E-state index contributed by atoms with van der Waals surface area (Å²) >= 11 is 1.85. The van der Waals surface area contributed by atoms with Gasteiger partial charge in [0.15, 0.2) is 0 Å². The topological polar surface area (TPSA) is 9.72 Å². The molecule has 0 aliphatic heterocycles. The second-order valence-electron chi connectivity index (χ2n) is 18.1. The molecule has 72 heavy (non-hydrogen) atoms. The molecule has 0 aliphatic carbocycles. The Bertz CT molecular complexity index is 4030. The van der Waals surface area contributed by atoms with Crippen LogP contribution in [0.15, 0.2) is 285 Å². The first kappa shape index (κ1) is 42.8. The van der Waals surface area contributed by atoms with E-state index in [1.54, 1.807) is 0 Å². The number of anilines is 9. The first-order valence-corrected chi connectivity index (χ1v) is 25.3. The van der Waals surface area contributed by atoms with Gasteiger partial charge >= 0.3 is 0 Å². The Morgan fingerprint density at radius 1 is 0.208 bits per heavy atom.